The van der Waals surface area contributed by atoms with Crippen LogP contribution in [-0.4, -0.2) is 17.3 Å². The molecule has 1 heterocycles. The summed E-state index contributed by atoms with van der Waals surface area (Å²) in [6, 6.07) is 1.53. The minimum Gasteiger partial charge on any atom is -0.394 e. The average molecular weight is 352 g/mol. The van der Waals surface area contributed by atoms with Crippen LogP contribution in [0.5, 0.6) is 0 Å². The second-order valence-electron chi connectivity index (χ2n) is 7.39. The predicted molar refractivity (Wildman–Crippen MR) is 99.6 cm³/mol. The third-order valence-electron chi connectivity index (χ3n) is 4.89. The summed E-state index contributed by atoms with van der Waals surface area (Å²) in [5.74, 6) is 7.01. The van der Waals surface area contributed by atoms with Gasteiger partial charge in [-0.1, -0.05) is 43.9 Å². The molecule has 2 rings (SSSR count). The van der Waals surface area contributed by atoms with E-state index in [0.29, 0.717) is 17.7 Å². The highest BCUT2D eigenvalue weighted by Crippen LogP contribution is 2.27. The number of rotatable bonds is 7. The van der Waals surface area contributed by atoms with Crippen molar-refractivity contribution in [2.45, 2.75) is 76.7 Å². The molecular formula is C20H30FNOS. The lowest BCUT2D eigenvalue weighted by Gasteiger charge is -2.20. The fraction of sp³-hybridized carbons (Fsp3) is 0.700. The lowest BCUT2D eigenvalue weighted by molar-refractivity contribution is 0.200. The minimum absolute atomic E-state index is 0.0896. The van der Waals surface area contributed by atoms with E-state index in [0.717, 1.165) is 23.6 Å². The molecule has 0 radical (unpaired) electrons. The Bertz CT molecular complexity index is 564. The number of unbranched alkanes of at least 4 members (excludes halogenated alkanes) is 1. The van der Waals surface area contributed by atoms with Crippen LogP contribution in [0.25, 0.3) is 0 Å². The van der Waals surface area contributed by atoms with Gasteiger partial charge in [-0.15, -0.1) is 11.3 Å². The molecule has 1 aliphatic rings. The standard InChI is InChI=1S/C20H30FNOS/c1-20(22,15-23)13-12-19-18(21)14-17(24-19)11-7-3-6-10-16-8-4-2-5-9-16/h14,16,23H,2-6,8-10,12-13,15,22H2,1H3. The molecule has 4 heteroatoms. The first-order valence-corrected chi connectivity index (χ1v) is 9.98. The van der Waals surface area contributed by atoms with Crippen molar-refractivity contribution < 1.29 is 9.50 Å². The van der Waals surface area contributed by atoms with E-state index in [-0.39, 0.29) is 12.4 Å². The van der Waals surface area contributed by atoms with Crippen LogP contribution in [0.1, 0.15) is 74.5 Å². The largest absolute Gasteiger partial charge is 0.394 e. The Morgan fingerprint density at radius 1 is 1.38 bits per heavy atom. The Hall–Kier alpha value is -0.890. The first kappa shape index (κ1) is 19.4. The zero-order valence-corrected chi connectivity index (χ0v) is 15.6. The van der Waals surface area contributed by atoms with E-state index in [1.807, 2.05) is 0 Å². The van der Waals surface area contributed by atoms with E-state index in [9.17, 15) is 4.39 Å². The molecule has 134 valence electrons. The molecule has 0 aliphatic heterocycles. The van der Waals surface area contributed by atoms with Gasteiger partial charge in [0.2, 0.25) is 0 Å². The van der Waals surface area contributed by atoms with Gasteiger partial charge in [0.05, 0.1) is 11.5 Å². The molecule has 1 atom stereocenters. The van der Waals surface area contributed by atoms with Crippen LogP contribution in [0.15, 0.2) is 6.07 Å². The number of thiophene rings is 1. The second-order valence-corrected chi connectivity index (χ2v) is 8.53. The third-order valence-corrected chi connectivity index (χ3v) is 5.98. The van der Waals surface area contributed by atoms with Gasteiger partial charge in [0.15, 0.2) is 0 Å². The van der Waals surface area contributed by atoms with Gasteiger partial charge >= 0.3 is 0 Å². The van der Waals surface area contributed by atoms with Gasteiger partial charge in [0, 0.05) is 22.9 Å². The number of hydrogen-bond donors (Lipinski definition) is 2. The molecule has 1 aromatic rings. The van der Waals surface area contributed by atoms with Crippen molar-refractivity contribution in [3.8, 4) is 11.8 Å². The van der Waals surface area contributed by atoms with Gasteiger partial charge in [0.25, 0.3) is 0 Å². The fourth-order valence-corrected chi connectivity index (χ4v) is 4.13. The minimum atomic E-state index is -0.651. The van der Waals surface area contributed by atoms with Crippen LogP contribution < -0.4 is 5.73 Å². The van der Waals surface area contributed by atoms with Crippen molar-refractivity contribution in [3.05, 3.63) is 21.6 Å². The molecule has 0 spiro atoms. The number of aliphatic hydroxyl groups is 1. The smallest absolute Gasteiger partial charge is 0.138 e. The molecule has 1 aromatic heterocycles. The van der Waals surface area contributed by atoms with Gasteiger partial charge in [-0.25, -0.2) is 4.39 Å². The van der Waals surface area contributed by atoms with Gasteiger partial charge < -0.3 is 10.8 Å². The molecule has 0 saturated heterocycles. The Balaban J connectivity index is 1.76. The van der Waals surface area contributed by atoms with Crippen molar-refractivity contribution in [1.29, 1.82) is 0 Å². The molecule has 1 unspecified atom stereocenters. The highest BCUT2D eigenvalue weighted by molar-refractivity contribution is 7.12. The van der Waals surface area contributed by atoms with E-state index in [1.165, 1.54) is 55.9 Å². The maximum Gasteiger partial charge on any atom is 0.138 e. The van der Waals surface area contributed by atoms with Crippen LogP contribution in [0.2, 0.25) is 0 Å². The van der Waals surface area contributed by atoms with E-state index in [2.05, 4.69) is 11.8 Å². The quantitative estimate of drug-likeness (QED) is 0.556. The lowest BCUT2D eigenvalue weighted by Crippen LogP contribution is -2.40. The average Bonchev–Trinajstić information content (AvgIpc) is 2.94. The summed E-state index contributed by atoms with van der Waals surface area (Å²) in [5, 5.41) is 9.17. The Labute approximate surface area is 149 Å². The lowest BCUT2D eigenvalue weighted by atomic mass is 9.86. The highest BCUT2D eigenvalue weighted by Gasteiger charge is 2.18. The third kappa shape index (κ3) is 6.55. The molecule has 0 bridgehead atoms. The number of aryl methyl sites for hydroxylation is 1. The summed E-state index contributed by atoms with van der Waals surface area (Å²) < 4.78 is 13.9. The van der Waals surface area contributed by atoms with Crippen LogP contribution in [0.4, 0.5) is 4.39 Å². The molecule has 24 heavy (non-hydrogen) atoms. The molecule has 0 aromatic carbocycles. The van der Waals surface area contributed by atoms with Gasteiger partial charge in [-0.2, -0.15) is 0 Å². The Kier molecular flexibility index (Phi) is 7.74. The van der Waals surface area contributed by atoms with Crippen molar-refractivity contribution in [2.24, 2.45) is 11.7 Å². The molecule has 1 aliphatic carbocycles. The zero-order chi connectivity index (χ0) is 17.4. The van der Waals surface area contributed by atoms with Crippen LogP contribution in [0, 0.1) is 23.6 Å². The van der Waals surface area contributed by atoms with Crippen LogP contribution in [-0.2, 0) is 6.42 Å². The van der Waals surface area contributed by atoms with Crippen LogP contribution in [0.3, 0.4) is 0 Å². The predicted octanol–water partition coefficient (Wildman–Crippen LogP) is 4.63. The summed E-state index contributed by atoms with van der Waals surface area (Å²) >= 11 is 1.41. The van der Waals surface area contributed by atoms with Gasteiger partial charge in [0.1, 0.15) is 5.82 Å². The monoisotopic (exact) mass is 351 g/mol. The number of aliphatic hydroxyl groups excluding tert-OH is 1. The molecule has 3 N–H and O–H groups in total. The molecule has 1 saturated carbocycles. The van der Waals surface area contributed by atoms with Crippen molar-refractivity contribution >= 4 is 11.3 Å². The summed E-state index contributed by atoms with van der Waals surface area (Å²) in [6.07, 6.45) is 11.4. The van der Waals surface area contributed by atoms with E-state index >= 15 is 0 Å². The van der Waals surface area contributed by atoms with E-state index < -0.39 is 5.54 Å². The maximum atomic E-state index is 13.9. The van der Waals surface area contributed by atoms with Crippen molar-refractivity contribution in [1.82, 2.24) is 0 Å². The maximum absolute atomic E-state index is 13.9. The summed E-state index contributed by atoms with van der Waals surface area (Å²) in [7, 11) is 0. The second kappa shape index (κ2) is 9.56. The first-order valence-electron chi connectivity index (χ1n) is 9.17. The summed E-state index contributed by atoms with van der Waals surface area (Å²) in [6.45, 7) is 1.69. The number of nitrogens with two attached hydrogens (primary N) is 1. The van der Waals surface area contributed by atoms with E-state index in [4.69, 9.17) is 10.8 Å². The summed E-state index contributed by atoms with van der Waals surface area (Å²) in [5.41, 5.74) is 5.25. The highest BCUT2D eigenvalue weighted by atomic mass is 32.1. The number of halogens is 1. The Morgan fingerprint density at radius 2 is 2.12 bits per heavy atom. The van der Waals surface area contributed by atoms with Gasteiger partial charge in [-0.05, 0) is 38.5 Å². The van der Waals surface area contributed by atoms with Gasteiger partial charge in [-0.3, -0.25) is 0 Å². The SMILES string of the molecule is CC(N)(CO)CCc1sc(C#CCCCC2CCCCC2)cc1F. The fourth-order valence-electron chi connectivity index (χ4n) is 3.22. The topological polar surface area (TPSA) is 46.2 Å². The van der Waals surface area contributed by atoms with Crippen LogP contribution >= 0.6 is 11.3 Å². The molecule has 2 nitrogen and oxygen atoms in total. The van der Waals surface area contributed by atoms with Crippen molar-refractivity contribution in [2.75, 3.05) is 6.61 Å². The zero-order valence-electron chi connectivity index (χ0n) is 14.7. The summed E-state index contributed by atoms with van der Waals surface area (Å²) in [4.78, 5) is 1.48. The first-order chi connectivity index (χ1) is 11.5. The van der Waals surface area contributed by atoms with E-state index in [1.54, 1.807) is 6.92 Å². The normalized spacial score (nSPS) is 18.0. The Morgan fingerprint density at radius 3 is 2.83 bits per heavy atom. The number of hydrogen-bond acceptors (Lipinski definition) is 3. The van der Waals surface area contributed by atoms with Crippen molar-refractivity contribution in [3.63, 3.8) is 0 Å². The molecule has 0 amide bonds. The molecular weight excluding hydrogens is 321 g/mol. The molecule has 1 fully saturated rings.